The van der Waals surface area contributed by atoms with E-state index in [1.165, 1.54) is 11.1 Å². The Morgan fingerprint density at radius 1 is 1.00 bits per heavy atom. The summed E-state index contributed by atoms with van der Waals surface area (Å²) in [6, 6.07) is 16.4. The van der Waals surface area contributed by atoms with Crippen LogP contribution in [0.5, 0.6) is 0 Å². The Balaban J connectivity index is 1.81. The number of nitrogens with zero attached hydrogens (tertiary/aromatic N) is 1. The average molecular weight is 276 g/mol. The second-order valence-corrected chi connectivity index (χ2v) is 5.42. The summed E-state index contributed by atoms with van der Waals surface area (Å²) in [5, 5.41) is 1.12. The fourth-order valence-corrected chi connectivity index (χ4v) is 2.94. The Labute approximate surface area is 123 Å². The first-order valence-electron chi connectivity index (χ1n) is 7.11. The molecule has 0 saturated carbocycles. The quantitative estimate of drug-likeness (QED) is 0.781. The molecule has 0 saturated heterocycles. The number of aromatic nitrogens is 1. The standard InChI is InChI=1S/C18H16N2O/c19-17(13-6-7-14-10-21-11-15(14)9-13)16-5-1-3-12-4-2-8-20-18(12)16/h1-9,17H,10-11,19H2. The minimum atomic E-state index is -0.172. The van der Waals surface area contributed by atoms with E-state index in [9.17, 15) is 0 Å². The molecule has 0 aliphatic carbocycles. The van der Waals surface area contributed by atoms with E-state index < -0.39 is 0 Å². The highest BCUT2D eigenvalue weighted by atomic mass is 16.5. The maximum Gasteiger partial charge on any atom is 0.0753 e. The van der Waals surface area contributed by atoms with E-state index in [-0.39, 0.29) is 6.04 Å². The van der Waals surface area contributed by atoms with Gasteiger partial charge in [-0.05, 0) is 28.3 Å². The van der Waals surface area contributed by atoms with Crippen LogP contribution >= 0.6 is 0 Å². The van der Waals surface area contributed by atoms with E-state index in [1.54, 1.807) is 0 Å². The molecule has 0 fully saturated rings. The zero-order chi connectivity index (χ0) is 14.2. The molecule has 1 aromatic heterocycles. The number of benzene rings is 2. The van der Waals surface area contributed by atoms with Crippen LogP contribution < -0.4 is 5.73 Å². The van der Waals surface area contributed by atoms with Gasteiger partial charge in [-0.1, -0.05) is 42.5 Å². The molecule has 1 atom stereocenters. The van der Waals surface area contributed by atoms with E-state index in [0.29, 0.717) is 13.2 Å². The summed E-state index contributed by atoms with van der Waals surface area (Å²) in [5.41, 5.74) is 12.2. The number of rotatable bonds is 2. The molecule has 1 unspecified atom stereocenters. The summed E-state index contributed by atoms with van der Waals surface area (Å²) in [4.78, 5) is 4.50. The summed E-state index contributed by atoms with van der Waals surface area (Å²) < 4.78 is 5.47. The monoisotopic (exact) mass is 276 g/mol. The fraction of sp³-hybridized carbons (Fsp3) is 0.167. The summed E-state index contributed by atoms with van der Waals surface area (Å²) in [5.74, 6) is 0. The predicted octanol–water partition coefficient (Wildman–Crippen LogP) is 3.31. The van der Waals surface area contributed by atoms with Gasteiger partial charge >= 0.3 is 0 Å². The maximum atomic E-state index is 6.50. The van der Waals surface area contributed by atoms with Crippen LogP contribution in [0.1, 0.15) is 28.3 Å². The molecule has 4 rings (SSSR count). The highest BCUT2D eigenvalue weighted by molar-refractivity contribution is 5.82. The number of hydrogen-bond acceptors (Lipinski definition) is 3. The highest BCUT2D eigenvalue weighted by Crippen LogP contribution is 2.29. The van der Waals surface area contributed by atoms with Gasteiger partial charge < -0.3 is 10.5 Å². The lowest BCUT2D eigenvalue weighted by Crippen LogP contribution is -2.13. The van der Waals surface area contributed by atoms with Crippen molar-refractivity contribution >= 4 is 10.9 Å². The van der Waals surface area contributed by atoms with Gasteiger partial charge in [0.25, 0.3) is 0 Å². The Morgan fingerprint density at radius 3 is 2.81 bits per heavy atom. The van der Waals surface area contributed by atoms with Crippen molar-refractivity contribution in [2.24, 2.45) is 5.73 Å². The van der Waals surface area contributed by atoms with E-state index in [4.69, 9.17) is 10.5 Å². The van der Waals surface area contributed by atoms with Gasteiger partial charge in [0.1, 0.15) is 0 Å². The van der Waals surface area contributed by atoms with Gasteiger partial charge in [0.2, 0.25) is 0 Å². The summed E-state index contributed by atoms with van der Waals surface area (Å²) in [6.45, 7) is 1.39. The molecule has 2 aromatic carbocycles. The third-order valence-corrected chi connectivity index (χ3v) is 4.10. The van der Waals surface area contributed by atoms with Crippen molar-refractivity contribution in [2.45, 2.75) is 19.3 Å². The van der Waals surface area contributed by atoms with Crippen molar-refractivity contribution in [3.05, 3.63) is 77.0 Å². The first kappa shape index (κ1) is 12.5. The highest BCUT2D eigenvalue weighted by Gasteiger charge is 2.17. The van der Waals surface area contributed by atoms with Crippen molar-refractivity contribution in [1.29, 1.82) is 0 Å². The molecule has 21 heavy (non-hydrogen) atoms. The minimum absolute atomic E-state index is 0.172. The van der Waals surface area contributed by atoms with Crippen LogP contribution in [0.2, 0.25) is 0 Å². The molecule has 1 aliphatic heterocycles. The third-order valence-electron chi connectivity index (χ3n) is 4.10. The van der Waals surface area contributed by atoms with Gasteiger partial charge in [-0.2, -0.15) is 0 Å². The molecule has 3 heteroatoms. The number of nitrogens with two attached hydrogens (primary N) is 1. The van der Waals surface area contributed by atoms with Gasteiger partial charge in [0.15, 0.2) is 0 Å². The van der Waals surface area contributed by atoms with E-state index >= 15 is 0 Å². The van der Waals surface area contributed by atoms with Crippen molar-refractivity contribution in [3.8, 4) is 0 Å². The largest absolute Gasteiger partial charge is 0.372 e. The first-order valence-corrected chi connectivity index (χ1v) is 7.11. The molecular formula is C18H16N2O. The van der Waals surface area contributed by atoms with Crippen LogP contribution in [0.4, 0.5) is 0 Å². The zero-order valence-corrected chi connectivity index (χ0v) is 11.6. The van der Waals surface area contributed by atoms with Gasteiger partial charge in [-0.3, -0.25) is 4.98 Å². The normalized spacial score (nSPS) is 15.1. The first-order chi connectivity index (χ1) is 10.3. The van der Waals surface area contributed by atoms with Crippen LogP contribution in [-0.2, 0) is 18.0 Å². The van der Waals surface area contributed by atoms with Crippen molar-refractivity contribution in [1.82, 2.24) is 4.98 Å². The molecular weight excluding hydrogens is 260 g/mol. The smallest absolute Gasteiger partial charge is 0.0753 e. The van der Waals surface area contributed by atoms with E-state index in [0.717, 1.165) is 22.0 Å². The summed E-state index contributed by atoms with van der Waals surface area (Å²) >= 11 is 0. The number of hydrogen-bond donors (Lipinski definition) is 1. The lowest BCUT2D eigenvalue weighted by Gasteiger charge is -2.15. The van der Waals surface area contributed by atoms with E-state index in [1.807, 2.05) is 18.3 Å². The number of para-hydroxylation sites is 1. The second kappa shape index (κ2) is 4.95. The average Bonchev–Trinajstić information content (AvgIpc) is 3.01. The molecule has 2 N–H and O–H groups in total. The van der Waals surface area contributed by atoms with Crippen LogP contribution in [-0.4, -0.2) is 4.98 Å². The van der Waals surface area contributed by atoms with Crippen molar-refractivity contribution < 1.29 is 4.74 Å². The van der Waals surface area contributed by atoms with Crippen LogP contribution in [0, 0.1) is 0 Å². The SMILES string of the molecule is NC(c1ccc2c(c1)COC2)c1cccc2cccnc12. The van der Waals surface area contributed by atoms with Gasteiger partial charge in [0, 0.05) is 11.6 Å². The zero-order valence-electron chi connectivity index (χ0n) is 11.6. The predicted molar refractivity (Wildman–Crippen MR) is 82.7 cm³/mol. The lowest BCUT2D eigenvalue weighted by molar-refractivity contribution is 0.134. The van der Waals surface area contributed by atoms with Crippen molar-refractivity contribution in [3.63, 3.8) is 0 Å². The molecule has 0 bridgehead atoms. The fourth-order valence-electron chi connectivity index (χ4n) is 2.94. The second-order valence-electron chi connectivity index (χ2n) is 5.42. The van der Waals surface area contributed by atoms with Crippen LogP contribution in [0.25, 0.3) is 10.9 Å². The van der Waals surface area contributed by atoms with Crippen molar-refractivity contribution in [2.75, 3.05) is 0 Å². The molecule has 0 spiro atoms. The molecule has 3 aromatic rings. The third kappa shape index (κ3) is 2.11. The molecule has 104 valence electrons. The van der Waals surface area contributed by atoms with Gasteiger partial charge in [-0.25, -0.2) is 0 Å². The minimum Gasteiger partial charge on any atom is -0.372 e. The molecule has 0 radical (unpaired) electrons. The van der Waals surface area contributed by atoms with Crippen LogP contribution in [0.3, 0.4) is 0 Å². The summed E-state index contributed by atoms with van der Waals surface area (Å²) in [7, 11) is 0. The molecule has 1 aliphatic rings. The Bertz CT molecular complexity index is 808. The topological polar surface area (TPSA) is 48.1 Å². The Kier molecular flexibility index (Phi) is 2.95. The molecule has 2 heterocycles. The molecule has 3 nitrogen and oxygen atoms in total. The lowest BCUT2D eigenvalue weighted by atomic mass is 9.95. The van der Waals surface area contributed by atoms with E-state index in [2.05, 4.69) is 41.4 Å². The summed E-state index contributed by atoms with van der Waals surface area (Å²) in [6.07, 6.45) is 1.81. The Morgan fingerprint density at radius 2 is 1.86 bits per heavy atom. The van der Waals surface area contributed by atoms with Gasteiger partial charge in [0.05, 0.1) is 24.8 Å². The molecule has 0 amide bonds. The number of pyridine rings is 1. The van der Waals surface area contributed by atoms with Gasteiger partial charge in [-0.15, -0.1) is 0 Å². The maximum absolute atomic E-state index is 6.50. The van der Waals surface area contributed by atoms with Crippen LogP contribution in [0.15, 0.2) is 54.7 Å². The Hall–Kier alpha value is -2.23. The number of fused-ring (bicyclic) bond motifs is 2. The number of ether oxygens (including phenoxy) is 1.